The van der Waals surface area contributed by atoms with Gasteiger partial charge in [0, 0.05) is 6.92 Å². The number of aliphatic carboxylic acids is 1. The SMILES string of the molecule is CC(=O)O.Cc1ccc(F)cc1. The van der Waals surface area contributed by atoms with Gasteiger partial charge in [-0.05, 0) is 19.1 Å². The zero-order valence-electron chi connectivity index (χ0n) is 7.04. The first kappa shape index (κ1) is 10.6. The van der Waals surface area contributed by atoms with Crippen molar-refractivity contribution in [3.8, 4) is 0 Å². The van der Waals surface area contributed by atoms with Gasteiger partial charge in [0.05, 0.1) is 0 Å². The number of aryl methyl sites for hydroxylation is 1. The van der Waals surface area contributed by atoms with Crippen molar-refractivity contribution in [3.63, 3.8) is 0 Å². The van der Waals surface area contributed by atoms with Crippen LogP contribution in [0.3, 0.4) is 0 Å². The molecule has 0 unspecified atom stereocenters. The molecule has 0 radical (unpaired) electrons. The molecule has 1 aromatic carbocycles. The summed E-state index contributed by atoms with van der Waals surface area (Å²) in [5.74, 6) is -1.00. The average molecular weight is 170 g/mol. The first-order valence-corrected chi connectivity index (χ1v) is 3.44. The third kappa shape index (κ3) is 6.74. The van der Waals surface area contributed by atoms with E-state index in [9.17, 15) is 4.39 Å². The van der Waals surface area contributed by atoms with E-state index in [0.29, 0.717) is 0 Å². The van der Waals surface area contributed by atoms with Gasteiger partial charge in [-0.15, -0.1) is 0 Å². The minimum Gasteiger partial charge on any atom is -0.481 e. The number of carboxylic acids is 1. The second kappa shape index (κ2) is 5.29. The molecule has 0 fully saturated rings. The highest BCUT2D eigenvalue weighted by Gasteiger charge is 1.83. The van der Waals surface area contributed by atoms with Crippen LogP contribution in [0.15, 0.2) is 24.3 Å². The smallest absolute Gasteiger partial charge is 0.300 e. The van der Waals surface area contributed by atoms with Crippen LogP contribution in [0.25, 0.3) is 0 Å². The highest BCUT2D eigenvalue weighted by atomic mass is 19.1. The molecule has 12 heavy (non-hydrogen) atoms. The largest absolute Gasteiger partial charge is 0.481 e. The van der Waals surface area contributed by atoms with E-state index in [1.165, 1.54) is 12.1 Å². The van der Waals surface area contributed by atoms with E-state index < -0.39 is 5.97 Å². The number of carbonyl (C=O) groups is 1. The van der Waals surface area contributed by atoms with E-state index in [1.54, 1.807) is 12.1 Å². The predicted octanol–water partition coefficient (Wildman–Crippen LogP) is 2.23. The van der Waals surface area contributed by atoms with Gasteiger partial charge in [-0.3, -0.25) is 4.79 Å². The number of halogens is 1. The molecule has 0 spiro atoms. The molecule has 0 saturated carbocycles. The van der Waals surface area contributed by atoms with E-state index in [0.717, 1.165) is 12.5 Å². The van der Waals surface area contributed by atoms with E-state index in [-0.39, 0.29) is 5.82 Å². The van der Waals surface area contributed by atoms with Gasteiger partial charge in [0.2, 0.25) is 0 Å². The van der Waals surface area contributed by atoms with Crippen LogP contribution in [0, 0.1) is 12.7 Å². The third-order valence-corrected chi connectivity index (χ3v) is 1.01. The average Bonchev–Trinajstić information content (AvgIpc) is 1.94. The normalized spacial score (nSPS) is 8.25. The molecule has 0 heterocycles. The number of benzene rings is 1. The van der Waals surface area contributed by atoms with Gasteiger partial charge in [-0.1, -0.05) is 17.7 Å². The minimum atomic E-state index is -0.833. The van der Waals surface area contributed by atoms with Gasteiger partial charge in [0.25, 0.3) is 5.97 Å². The van der Waals surface area contributed by atoms with Crippen molar-refractivity contribution < 1.29 is 14.3 Å². The fraction of sp³-hybridized carbons (Fsp3) is 0.222. The number of rotatable bonds is 0. The molecule has 0 saturated heterocycles. The number of hydrogen-bond acceptors (Lipinski definition) is 1. The van der Waals surface area contributed by atoms with Crippen molar-refractivity contribution in [1.82, 2.24) is 0 Å². The lowest BCUT2D eigenvalue weighted by molar-refractivity contribution is -0.134. The van der Waals surface area contributed by atoms with Crippen molar-refractivity contribution in [2.45, 2.75) is 13.8 Å². The third-order valence-electron chi connectivity index (χ3n) is 1.01. The quantitative estimate of drug-likeness (QED) is 0.648. The molecule has 0 aliphatic rings. The van der Waals surface area contributed by atoms with E-state index in [4.69, 9.17) is 9.90 Å². The summed E-state index contributed by atoms with van der Waals surface area (Å²) >= 11 is 0. The molecule has 0 bridgehead atoms. The molecule has 1 N–H and O–H groups in total. The minimum absolute atomic E-state index is 0.171. The van der Waals surface area contributed by atoms with Gasteiger partial charge in [-0.25, -0.2) is 4.39 Å². The van der Waals surface area contributed by atoms with Crippen LogP contribution in [0.5, 0.6) is 0 Å². The van der Waals surface area contributed by atoms with E-state index in [2.05, 4.69) is 0 Å². The summed E-state index contributed by atoms with van der Waals surface area (Å²) in [7, 11) is 0. The summed E-state index contributed by atoms with van der Waals surface area (Å²) in [4.78, 5) is 9.00. The first-order valence-electron chi connectivity index (χ1n) is 3.44. The molecular formula is C9H11FO2. The maximum atomic E-state index is 12.1. The molecule has 2 nitrogen and oxygen atoms in total. The lowest BCUT2D eigenvalue weighted by Gasteiger charge is -1.87. The molecule has 0 amide bonds. The Kier molecular flexibility index (Phi) is 4.69. The molecule has 0 aromatic heterocycles. The summed E-state index contributed by atoms with van der Waals surface area (Å²) in [6, 6.07) is 6.40. The Morgan fingerprint density at radius 1 is 1.33 bits per heavy atom. The summed E-state index contributed by atoms with van der Waals surface area (Å²) in [5, 5.41) is 7.42. The fourth-order valence-corrected chi connectivity index (χ4v) is 0.533. The summed E-state index contributed by atoms with van der Waals surface area (Å²) in [6.07, 6.45) is 0. The van der Waals surface area contributed by atoms with Gasteiger partial charge < -0.3 is 5.11 Å². The molecule has 1 rings (SSSR count). The Balaban J connectivity index is 0.000000261. The van der Waals surface area contributed by atoms with E-state index >= 15 is 0 Å². The molecule has 66 valence electrons. The molecule has 0 aliphatic heterocycles. The Morgan fingerprint density at radius 2 is 1.67 bits per heavy atom. The van der Waals surface area contributed by atoms with Gasteiger partial charge in [-0.2, -0.15) is 0 Å². The second-order valence-corrected chi connectivity index (χ2v) is 2.31. The summed E-state index contributed by atoms with van der Waals surface area (Å²) in [5.41, 5.74) is 1.09. The Hall–Kier alpha value is -1.38. The van der Waals surface area contributed by atoms with Crippen LogP contribution < -0.4 is 0 Å². The molecule has 0 atom stereocenters. The highest BCUT2D eigenvalue weighted by molar-refractivity contribution is 5.62. The van der Waals surface area contributed by atoms with Crippen molar-refractivity contribution in [2.75, 3.05) is 0 Å². The van der Waals surface area contributed by atoms with Crippen molar-refractivity contribution in [3.05, 3.63) is 35.6 Å². The zero-order valence-corrected chi connectivity index (χ0v) is 7.04. The van der Waals surface area contributed by atoms with Crippen LogP contribution >= 0.6 is 0 Å². The topological polar surface area (TPSA) is 37.3 Å². The Morgan fingerprint density at radius 3 is 1.92 bits per heavy atom. The number of hydrogen-bond donors (Lipinski definition) is 1. The van der Waals surface area contributed by atoms with Gasteiger partial charge in [0.15, 0.2) is 0 Å². The first-order chi connectivity index (χ1) is 5.52. The Bertz CT molecular complexity index is 216. The van der Waals surface area contributed by atoms with Crippen molar-refractivity contribution in [1.29, 1.82) is 0 Å². The predicted molar refractivity (Wildman–Crippen MR) is 44.4 cm³/mol. The Labute approximate surface area is 70.7 Å². The van der Waals surface area contributed by atoms with Crippen LogP contribution in [0.4, 0.5) is 4.39 Å². The van der Waals surface area contributed by atoms with Gasteiger partial charge in [0.1, 0.15) is 5.82 Å². The standard InChI is InChI=1S/C7H7F.C2H4O2/c1-6-2-4-7(8)5-3-6;1-2(3)4/h2-5H,1H3;1H3,(H,3,4). The van der Waals surface area contributed by atoms with Crippen LogP contribution in [-0.4, -0.2) is 11.1 Å². The van der Waals surface area contributed by atoms with Gasteiger partial charge >= 0.3 is 0 Å². The molecule has 1 aromatic rings. The van der Waals surface area contributed by atoms with Crippen LogP contribution in [0.2, 0.25) is 0 Å². The molecule has 0 aliphatic carbocycles. The zero-order chi connectivity index (χ0) is 9.56. The fourth-order valence-electron chi connectivity index (χ4n) is 0.533. The van der Waals surface area contributed by atoms with Crippen LogP contribution in [0.1, 0.15) is 12.5 Å². The lowest BCUT2D eigenvalue weighted by atomic mass is 10.2. The van der Waals surface area contributed by atoms with Crippen LogP contribution in [-0.2, 0) is 4.79 Å². The summed E-state index contributed by atoms with van der Waals surface area (Å²) < 4.78 is 12.1. The highest BCUT2D eigenvalue weighted by Crippen LogP contribution is 1.98. The van der Waals surface area contributed by atoms with E-state index in [1.807, 2.05) is 6.92 Å². The second-order valence-electron chi connectivity index (χ2n) is 2.31. The van der Waals surface area contributed by atoms with Crippen molar-refractivity contribution >= 4 is 5.97 Å². The monoisotopic (exact) mass is 170 g/mol. The summed E-state index contributed by atoms with van der Waals surface area (Å²) in [6.45, 7) is 3.01. The maximum Gasteiger partial charge on any atom is 0.300 e. The maximum absolute atomic E-state index is 12.1. The lowest BCUT2D eigenvalue weighted by Crippen LogP contribution is -1.78. The van der Waals surface area contributed by atoms with Crippen molar-refractivity contribution in [2.24, 2.45) is 0 Å². The number of carboxylic acid groups (broad SMARTS) is 1. The molecule has 3 heteroatoms. The molecular weight excluding hydrogens is 159 g/mol.